The van der Waals surface area contributed by atoms with Crippen molar-refractivity contribution in [1.82, 2.24) is 30.8 Å². The van der Waals surface area contributed by atoms with Crippen LogP contribution in [0.2, 0.25) is 0 Å². The Morgan fingerprint density at radius 1 is 1.21 bits per heavy atom. The molecule has 15 heteroatoms. The lowest BCUT2D eigenvalue weighted by Gasteiger charge is -2.32. The number of benzene rings is 1. The van der Waals surface area contributed by atoms with Gasteiger partial charge >= 0.3 is 6.03 Å². The number of ether oxygens (including phenoxy) is 1. The normalized spacial score (nSPS) is 22.5. The van der Waals surface area contributed by atoms with E-state index in [2.05, 4.69) is 25.9 Å². The Morgan fingerprint density at radius 2 is 1.98 bits per heavy atom. The molecule has 0 bridgehead atoms. The van der Waals surface area contributed by atoms with E-state index >= 15 is 0 Å². The minimum absolute atomic E-state index is 0.0453. The molecular weight excluding hydrogens is 564 g/mol. The van der Waals surface area contributed by atoms with E-state index < -0.39 is 42.4 Å². The molecule has 3 heterocycles. The van der Waals surface area contributed by atoms with Crippen LogP contribution in [0.3, 0.4) is 0 Å². The molecule has 42 heavy (non-hydrogen) atoms. The number of halogens is 4. The van der Waals surface area contributed by atoms with Crippen molar-refractivity contribution in [3.05, 3.63) is 41.0 Å². The number of hydrogen-bond acceptors (Lipinski definition) is 8. The Kier molecular flexibility index (Phi) is 7.53. The molecule has 1 aromatic carbocycles. The van der Waals surface area contributed by atoms with E-state index in [4.69, 9.17) is 13.8 Å². The van der Waals surface area contributed by atoms with Gasteiger partial charge in [-0.2, -0.15) is 0 Å². The van der Waals surface area contributed by atoms with E-state index in [-0.39, 0.29) is 62.3 Å². The lowest BCUT2D eigenvalue weighted by molar-refractivity contribution is -0.0503. The second kappa shape index (κ2) is 11.2. The van der Waals surface area contributed by atoms with Crippen LogP contribution in [0.1, 0.15) is 84.2 Å². The molecule has 3 unspecified atom stereocenters. The van der Waals surface area contributed by atoms with Gasteiger partial charge in [0.15, 0.2) is 11.3 Å². The summed E-state index contributed by atoms with van der Waals surface area (Å²) in [7, 11) is 1.44. The Hall–Kier alpha value is -3.75. The number of rotatable bonds is 10. The lowest BCUT2D eigenvalue weighted by atomic mass is 9.82. The fourth-order valence-electron chi connectivity index (χ4n) is 5.78. The molecule has 2 saturated carbocycles. The van der Waals surface area contributed by atoms with E-state index in [0.29, 0.717) is 22.4 Å². The SMILES string of the molecule is COCC(c1ccc2oc(C(NC(=O)c3nonc3C3CC3)C3CCC(F)(F)CC3)nc2c1)N1CC(C(F)F)NC1=O. The highest BCUT2D eigenvalue weighted by Gasteiger charge is 2.42. The molecule has 1 saturated heterocycles. The van der Waals surface area contributed by atoms with Crippen molar-refractivity contribution in [2.75, 3.05) is 20.3 Å². The number of amides is 3. The topological polar surface area (TPSA) is 136 Å². The van der Waals surface area contributed by atoms with Crippen molar-refractivity contribution in [3.8, 4) is 0 Å². The predicted molar refractivity (Wildman–Crippen MR) is 137 cm³/mol. The number of nitrogens with zero attached hydrogens (tertiary/aromatic N) is 4. The van der Waals surface area contributed by atoms with Gasteiger partial charge in [0.1, 0.15) is 23.3 Å². The summed E-state index contributed by atoms with van der Waals surface area (Å²) in [6, 6.07) is 1.53. The first-order valence-electron chi connectivity index (χ1n) is 13.9. The Balaban J connectivity index is 1.29. The Morgan fingerprint density at radius 3 is 2.64 bits per heavy atom. The fourth-order valence-corrected chi connectivity index (χ4v) is 5.78. The number of carbonyl (C=O) groups is 2. The van der Waals surface area contributed by atoms with E-state index in [1.54, 1.807) is 18.2 Å². The molecule has 2 aromatic heterocycles. The molecule has 6 rings (SSSR count). The summed E-state index contributed by atoms with van der Waals surface area (Å²) in [5.74, 6) is -3.49. The summed E-state index contributed by atoms with van der Waals surface area (Å²) in [6.45, 7) is -0.156. The maximum atomic E-state index is 14.0. The number of oxazole rings is 1. The van der Waals surface area contributed by atoms with Crippen LogP contribution < -0.4 is 10.6 Å². The molecule has 0 spiro atoms. The minimum atomic E-state index is -2.78. The summed E-state index contributed by atoms with van der Waals surface area (Å²) in [4.78, 5) is 31.7. The summed E-state index contributed by atoms with van der Waals surface area (Å²) in [6.07, 6.45) is -1.36. The average Bonchev–Trinajstić information content (AvgIpc) is 3.34. The van der Waals surface area contributed by atoms with Gasteiger partial charge in [-0.15, -0.1) is 0 Å². The van der Waals surface area contributed by atoms with Crippen LogP contribution >= 0.6 is 0 Å². The second-order valence-electron chi connectivity index (χ2n) is 11.2. The first-order chi connectivity index (χ1) is 20.1. The number of fused-ring (bicyclic) bond motifs is 1. The number of alkyl halides is 4. The van der Waals surface area contributed by atoms with Crippen LogP contribution in [0.4, 0.5) is 22.4 Å². The standard InChI is InChI=1S/C27H30F4N6O5/c1-40-12-18(37-11-17(23(28)29)33-26(37)39)15-4-5-19-16(10-15)32-25(41-19)21(14-6-8-27(30,31)9-7-14)34-24(38)22-20(13-2-3-13)35-42-36-22/h4-5,10,13-14,17-18,21,23H,2-3,6-9,11-12H2,1H3,(H,33,39)(H,34,38). The molecule has 3 atom stereocenters. The molecule has 3 amide bonds. The van der Waals surface area contributed by atoms with Crippen molar-refractivity contribution >= 4 is 23.0 Å². The van der Waals surface area contributed by atoms with Crippen LogP contribution in [0.25, 0.3) is 11.1 Å². The zero-order valence-corrected chi connectivity index (χ0v) is 22.7. The van der Waals surface area contributed by atoms with Crippen LogP contribution in [-0.2, 0) is 4.74 Å². The van der Waals surface area contributed by atoms with Gasteiger partial charge < -0.3 is 24.7 Å². The van der Waals surface area contributed by atoms with E-state index in [9.17, 15) is 27.2 Å². The van der Waals surface area contributed by atoms with E-state index in [0.717, 1.165) is 12.8 Å². The fraction of sp³-hybridized carbons (Fsp3) is 0.593. The zero-order valence-electron chi connectivity index (χ0n) is 22.7. The number of hydrogen-bond donors (Lipinski definition) is 2. The highest BCUT2D eigenvalue weighted by Crippen LogP contribution is 2.43. The van der Waals surface area contributed by atoms with E-state index in [1.807, 2.05) is 0 Å². The molecule has 2 aliphatic carbocycles. The van der Waals surface area contributed by atoms with Gasteiger partial charge in [0, 0.05) is 32.4 Å². The average molecular weight is 595 g/mol. The number of methoxy groups -OCH3 is 1. The summed E-state index contributed by atoms with van der Waals surface area (Å²) in [5, 5.41) is 12.8. The quantitative estimate of drug-likeness (QED) is 0.322. The maximum Gasteiger partial charge on any atom is 0.318 e. The second-order valence-corrected chi connectivity index (χ2v) is 11.2. The largest absolute Gasteiger partial charge is 0.438 e. The lowest BCUT2D eigenvalue weighted by Crippen LogP contribution is -2.37. The molecule has 0 radical (unpaired) electrons. The van der Waals surface area contributed by atoms with Crippen LogP contribution in [0.15, 0.2) is 27.2 Å². The number of aromatic nitrogens is 3. The van der Waals surface area contributed by atoms with Crippen LogP contribution in [-0.4, -0.2) is 70.8 Å². The molecular formula is C27H30F4N6O5. The first-order valence-corrected chi connectivity index (χ1v) is 13.9. The van der Waals surface area contributed by atoms with Gasteiger partial charge in [-0.25, -0.2) is 32.0 Å². The third kappa shape index (κ3) is 5.65. The maximum absolute atomic E-state index is 14.0. The Labute approximate surface area is 237 Å². The Bertz CT molecular complexity index is 1450. The highest BCUT2D eigenvalue weighted by atomic mass is 19.3. The highest BCUT2D eigenvalue weighted by molar-refractivity contribution is 5.93. The van der Waals surface area contributed by atoms with Gasteiger partial charge in [0.25, 0.3) is 12.3 Å². The predicted octanol–water partition coefficient (Wildman–Crippen LogP) is 4.73. The molecule has 226 valence electrons. The number of urea groups is 1. The number of carbonyl (C=O) groups excluding carboxylic acids is 2. The summed E-state index contributed by atoms with van der Waals surface area (Å²) in [5.41, 5.74) is 1.84. The van der Waals surface area contributed by atoms with Crippen molar-refractivity contribution in [3.63, 3.8) is 0 Å². The third-order valence-corrected chi connectivity index (χ3v) is 8.26. The van der Waals surface area contributed by atoms with Gasteiger partial charge in [-0.1, -0.05) is 11.2 Å². The zero-order chi connectivity index (χ0) is 29.6. The molecule has 1 aliphatic heterocycles. The first kappa shape index (κ1) is 28.4. The van der Waals surface area contributed by atoms with Crippen molar-refractivity contribution in [1.29, 1.82) is 0 Å². The minimum Gasteiger partial charge on any atom is -0.438 e. The smallest absolute Gasteiger partial charge is 0.318 e. The van der Waals surface area contributed by atoms with Crippen molar-refractivity contribution < 1.29 is 40.9 Å². The summed E-state index contributed by atoms with van der Waals surface area (Å²) >= 11 is 0. The monoisotopic (exact) mass is 594 g/mol. The molecule has 2 N–H and O–H groups in total. The van der Waals surface area contributed by atoms with Gasteiger partial charge in [0.05, 0.1) is 12.6 Å². The molecule has 3 aromatic rings. The van der Waals surface area contributed by atoms with Crippen molar-refractivity contribution in [2.24, 2.45) is 5.92 Å². The number of nitrogens with one attached hydrogen (secondary N) is 2. The van der Waals surface area contributed by atoms with Gasteiger partial charge in [0.2, 0.25) is 11.8 Å². The van der Waals surface area contributed by atoms with Crippen LogP contribution in [0, 0.1) is 5.92 Å². The van der Waals surface area contributed by atoms with Crippen molar-refractivity contribution in [2.45, 2.75) is 74.9 Å². The third-order valence-electron chi connectivity index (χ3n) is 8.26. The summed E-state index contributed by atoms with van der Waals surface area (Å²) < 4.78 is 70.7. The molecule has 11 nitrogen and oxygen atoms in total. The molecule has 3 fully saturated rings. The molecule has 3 aliphatic rings. The van der Waals surface area contributed by atoms with E-state index in [1.165, 1.54) is 12.0 Å². The van der Waals surface area contributed by atoms with Gasteiger partial charge in [-0.3, -0.25) is 4.79 Å². The van der Waals surface area contributed by atoms with Gasteiger partial charge in [-0.05, 0) is 54.5 Å². The van der Waals surface area contributed by atoms with Crippen LogP contribution in [0.5, 0.6) is 0 Å².